The van der Waals surface area contributed by atoms with Crippen LogP contribution < -0.4 is 9.47 Å². The smallest absolute Gasteiger partial charge is 0.288 e. The maximum atomic E-state index is 13.4. The number of nitrogens with zero attached hydrogens (tertiary/aromatic N) is 1. The van der Waals surface area contributed by atoms with E-state index < -0.39 is 6.29 Å². The third-order valence-electron chi connectivity index (χ3n) is 6.55. The fraction of sp³-hybridized carbons (Fsp3) is 0.640. The summed E-state index contributed by atoms with van der Waals surface area (Å²) >= 11 is 0. The van der Waals surface area contributed by atoms with Crippen molar-refractivity contribution >= 4 is 5.91 Å². The molecule has 1 saturated heterocycles. The number of carbonyl (C=O) groups is 1. The van der Waals surface area contributed by atoms with E-state index in [9.17, 15) is 9.90 Å². The van der Waals surface area contributed by atoms with Gasteiger partial charge in [0.15, 0.2) is 17.3 Å². The van der Waals surface area contributed by atoms with E-state index in [0.29, 0.717) is 24.5 Å². The number of aliphatic hydroxyl groups excluding tert-OH is 1. The van der Waals surface area contributed by atoms with Crippen LogP contribution in [0.1, 0.15) is 63.4 Å². The summed E-state index contributed by atoms with van der Waals surface area (Å²) in [6, 6.07) is 5.93. The van der Waals surface area contributed by atoms with E-state index in [2.05, 4.69) is 0 Å². The molecule has 1 aromatic rings. The zero-order chi connectivity index (χ0) is 22.3. The van der Waals surface area contributed by atoms with E-state index in [-0.39, 0.29) is 31.1 Å². The maximum absolute atomic E-state index is 13.4. The SMILES string of the molecule is CCO[C@@H]1OC(C(=O)N2CCCCCCC2)=C[C@H](c2ccc3c(c2)OCO3)[C@H]1CCCO. The fourth-order valence-electron chi connectivity index (χ4n) is 4.86. The van der Waals surface area contributed by atoms with E-state index in [4.69, 9.17) is 18.9 Å². The first-order valence-corrected chi connectivity index (χ1v) is 12.0. The number of benzene rings is 1. The van der Waals surface area contributed by atoms with Crippen LogP contribution in [0.15, 0.2) is 30.0 Å². The molecule has 0 aliphatic carbocycles. The van der Waals surface area contributed by atoms with Gasteiger partial charge >= 0.3 is 0 Å². The molecule has 0 saturated carbocycles. The highest BCUT2D eigenvalue weighted by Gasteiger charge is 2.39. The Morgan fingerprint density at radius 2 is 1.88 bits per heavy atom. The minimum absolute atomic E-state index is 0.0219. The van der Waals surface area contributed by atoms with Gasteiger partial charge in [-0.2, -0.15) is 0 Å². The first-order valence-electron chi connectivity index (χ1n) is 12.0. The van der Waals surface area contributed by atoms with E-state index >= 15 is 0 Å². The molecule has 176 valence electrons. The highest BCUT2D eigenvalue weighted by molar-refractivity contribution is 5.91. The minimum atomic E-state index is -0.541. The molecular weight excluding hydrogens is 410 g/mol. The molecule has 0 unspecified atom stereocenters. The molecule has 1 fully saturated rings. The number of aliphatic hydroxyl groups is 1. The second kappa shape index (κ2) is 11.1. The molecule has 3 atom stereocenters. The molecule has 0 spiro atoms. The molecule has 1 N–H and O–H groups in total. The van der Waals surface area contributed by atoms with E-state index in [0.717, 1.165) is 56.5 Å². The fourth-order valence-corrected chi connectivity index (χ4v) is 4.86. The molecule has 1 aromatic carbocycles. The molecule has 7 heteroatoms. The average molecular weight is 446 g/mol. The molecule has 1 amide bonds. The van der Waals surface area contributed by atoms with Crippen LogP contribution in [0.3, 0.4) is 0 Å². The third kappa shape index (κ3) is 5.21. The van der Waals surface area contributed by atoms with Crippen LogP contribution >= 0.6 is 0 Å². The monoisotopic (exact) mass is 445 g/mol. The van der Waals surface area contributed by atoms with Crippen molar-refractivity contribution in [3.05, 3.63) is 35.6 Å². The van der Waals surface area contributed by atoms with Gasteiger partial charge in [0, 0.05) is 38.1 Å². The lowest BCUT2D eigenvalue weighted by Gasteiger charge is -2.38. The Morgan fingerprint density at radius 3 is 2.62 bits per heavy atom. The van der Waals surface area contributed by atoms with Crippen molar-refractivity contribution in [1.82, 2.24) is 4.90 Å². The lowest BCUT2D eigenvalue weighted by Crippen LogP contribution is -2.41. The Morgan fingerprint density at radius 1 is 1.12 bits per heavy atom. The summed E-state index contributed by atoms with van der Waals surface area (Å²) in [6.45, 7) is 4.27. The second-order valence-electron chi connectivity index (χ2n) is 8.70. The molecule has 3 heterocycles. The van der Waals surface area contributed by atoms with Gasteiger partial charge in [-0.05, 0) is 56.4 Å². The summed E-state index contributed by atoms with van der Waals surface area (Å²) in [7, 11) is 0. The van der Waals surface area contributed by atoms with Gasteiger partial charge in [-0.3, -0.25) is 4.79 Å². The van der Waals surface area contributed by atoms with E-state index in [1.165, 1.54) is 6.42 Å². The maximum Gasteiger partial charge on any atom is 0.288 e. The molecule has 3 aliphatic heterocycles. The summed E-state index contributed by atoms with van der Waals surface area (Å²) in [4.78, 5) is 15.4. The lowest BCUT2D eigenvalue weighted by atomic mass is 9.80. The predicted octanol–water partition coefficient (Wildman–Crippen LogP) is 3.96. The van der Waals surface area contributed by atoms with Gasteiger partial charge in [0.1, 0.15) is 0 Å². The number of fused-ring (bicyclic) bond motifs is 1. The normalized spacial score (nSPS) is 25.5. The number of likely N-dealkylation sites (tertiary alicyclic amines) is 1. The third-order valence-corrected chi connectivity index (χ3v) is 6.55. The Hall–Kier alpha value is -2.25. The van der Waals surface area contributed by atoms with Gasteiger partial charge in [0.25, 0.3) is 5.91 Å². The number of amides is 1. The highest BCUT2D eigenvalue weighted by atomic mass is 16.7. The van der Waals surface area contributed by atoms with E-state index in [1.807, 2.05) is 36.1 Å². The summed E-state index contributed by atoms with van der Waals surface area (Å²) in [5, 5.41) is 9.46. The number of hydrogen-bond acceptors (Lipinski definition) is 6. The van der Waals surface area contributed by atoms with Gasteiger partial charge in [-0.1, -0.05) is 25.3 Å². The van der Waals surface area contributed by atoms with Crippen molar-refractivity contribution in [1.29, 1.82) is 0 Å². The van der Waals surface area contributed by atoms with Crippen LogP contribution in [0, 0.1) is 5.92 Å². The summed E-state index contributed by atoms with van der Waals surface area (Å²) in [6.07, 6.45) is 8.40. The van der Waals surface area contributed by atoms with Crippen molar-refractivity contribution in [3.8, 4) is 11.5 Å². The molecule has 0 aromatic heterocycles. The molecular formula is C25H35NO6. The minimum Gasteiger partial charge on any atom is -0.459 e. The standard InChI is InChI=1S/C25H35NO6/c1-2-29-25-19(9-8-14-27)20(18-10-11-21-22(15-18)31-17-30-21)16-23(32-25)24(28)26-12-6-4-3-5-7-13-26/h10-11,15-16,19-20,25,27H,2-9,12-14,17H2,1H3/t19-,20-,25-/m1/s1. The summed E-state index contributed by atoms with van der Waals surface area (Å²) < 4.78 is 23.2. The molecule has 0 radical (unpaired) electrons. The molecule has 3 aliphatic rings. The molecule has 7 nitrogen and oxygen atoms in total. The quantitative estimate of drug-likeness (QED) is 0.685. The topological polar surface area (TPSA) is 77.5 Å². The van der Waals surface area contributed by atoms with E-state index in [1.54, 1.807) is 0 Å². The molecule has 32 heavy (non-hydrogen) atoms. The van der Waals surface area contributed by atoms with Crippen molar-refractivity contribution in [2.45, 2.75) is 64.1 Å². The van der Waals surface area contributed by atoms with Crippen molar-refractivity contribution in [3.63, 3.8) is 0 Å². The van der Waals surface area contributed by atoms with Crippen LogP contribution in [0.25, 0.3) is 0 Å². The van der Waals surface area contributed by atoms with Gasteiger partial charge in [-0.25, -0.2) is 0 Å². The lowest BCUT2D eigenvalue weighted by molar-refractivity contribution is -0.170. The van der Waals surface area contributed by atoms with Crippen molar-refractivity contribution in [2.75, 3.05) is 33.1 Å². The predicted molar refractivity (Wildman–Crippen MR) is 119 cm³/mol. The number of ether oxygens (including phenoxy) is 4. The van der Waals surface area contributed by atoms with Crippen LogP contribution in [0.2, 0.25) is 0 Å². The highest BCUT2D eigenvalue weighted by Crippen LogP contribution is 2.43. The molecule has 4 rings (SSSR count). The van der Waals surface area contributed by atoms with Crippen LogP contribution in [0.5, 0.6) is 11.5 Å². The Bertz CT molecular complexity index is 802. The first-order chi connectivity index (χ1) is 15.7. The zero-order valence-corrected chi connectivity index (χ0v) is 19.0. The van der Waals surface area contributed by atoms with Gasteiger partial charge in [-0.15, -0.1) is 0 Å². The summed E-state index contributed by atoms with van der Waals surface area (Å²) in [5.74, 6) is 1.65. The van der Waals surface area contributed by atoms with Gasteiger partial charge < -0.3 is 29.0 Å². The molecule has 0 bridgehead atoms. The van der Waals surface area contributed by atoms with Crippen LogP contribution in [-0.2, 0) is 14.3 Å². The number of carbonyl (C=O) groups excluding carboxylic acids is 1. The zero-order valence-electron chi connectivity index (χ0n) is 19.0. The van der Waals surface area contributed by atoms with Crippen LogP contribution in [0.4, 0.5) is 0 Å². The number of rotatable bonds is 7. The number of hydrogen-bond donors (Lipinski definition) is 1. The van der Waals surface area contributed by atoms with Crippen LogP contribution in [-0.4, -0.2) is 55.3 Å². The van der Waals surface area contributed by atoms with Gasteiger partial charge in [0.05, 0.1) is 0 Å². The Balaban J connectivity index is 1.65. The average Bonchev–Trinajstić information content (AvgIpc) is 3.25. The second-order valence-corrected chi connectivity index (χ2v) is 8.70. The van der Waals surface area contributed by atoms with Crippen molar-refractivity contribution < 1.29 is 28.8 Å². The largest absolute Gasteiger partial charge is 0.459 e. The van der Waals surface area contributed by atoms with Crippen molar-refractivity contribution in [2.24, 2.45) is 5.92 Å². The number of allylic oxidation sites excluding steroid dienone is 1. The van der Waals surface area contributed by atoms with Gasteiger partial charge in [0.2, 0.25) is 13.1 Å². The summed E-state index contributed by atoms with van der Waals surface area (Å²) in [5.41, 5.74) is 1.03. The Kier molecular flexibility index (Phi) is 7.92. The Labute approximate surface area is 190 Å². The first kappa shape index (κ1) is 22.9.